The summed E-state index contributed by atoms with van der Waals surface area (Å²) in [5.74, 6) is 0.433. The van der Waals surface area contributed by atoms with E-state index >= 15 is 0 Å². The van der Waals surface area contributed by atoms with Gasteiger partial charge < -0.3 is 4.74 Å². The van der Waals surface area contributed by atoms with E-state index in [0.29, 0.717) is 13.2 Å². The Labute approximate surface area is 139 Å². The first-order valence-electron chi connectivity index (χ1n) is 8.73. The van der Waals surface area contributed by atoms with Crippen molar-refractivity contribution in [2.45, 2.75) is 51.5 Å². The molecule has 1 atom stereocenters. The van der Waals surface area contributed by atoms with Crippen LogP contribution in [0.3, 0.4) is 0 Å². The van der Waals surface area contributed by atoms with Crippen LogP contribution in [-0.2, 0) is 27.6 Å². The summed E-state index contributed by atoms with van der Waals surface area (Å²) >= 11 is 0. The number of nitrogens with one attached hydrogen (secondary N) is 1. The molecular weight excluding hydrogens is 310 g/mol. The van der Waals surface area contributed by atoms with Gasteiger partial charge in [0.1, 0.15) is 0 Å². The Morgan fingerprint density at radius 3 is 2.61 bits per heavy atom. The number of aryl methyl sites for hydroxylation is 2. The minimum atomic E-state index is -3.26. The largest absolute Gasteiger partial charge is 0.381 e. The third-order valence-corrected chi connectivity index (χ3v) is 6.65. The van der Waals surface area contributed by atoms with E-state index in [2.05, 4.69) is 22.9 Å². The Morgan fingerprint density at radius 1 is 1.17 bits per heavy atom. The van der Waals surface area contributed by atoms with Crippen LogP contribution in [0.5, 0.6) is 0 Å². The third-order valence-electron chi connectivity index (χ3n) is 5.02. The fraction of sp³-hybridized carbons (Fsp3) is 0.667. The van der Waals surface area contributed by atoms with Gasteiger partial charge in [-0.15, -0.1) is 0 Å². The zero-order valence-electron chi connectivity index (χ0n) is 13.9. The van der Waals surface area contributed by atoms with Gasteiger partial charge in [0.2, 0.25) is 10.0 Å². The van der Waals surface area contributed by atoms with Crippen LogP contribution in [0.15, 0.2) is 18.2 Å². The molecule has 0 amide bonds. The van der Waals surface area contributed by atoms with Crippen LogP contribution in [0.1, 0.15) is 55.3 Å². The first-order valence-corrected chi connectivity index (χ1v) is 10.4. The van der Waals surface area contributed by atoms with Crippen LogP contribution in [0.2, 0.25) is 0 Å². The molecule has 0 radical (unpaired) electrons. The molecule has 0 saturated carbocycles. The fourth-order valence-electron chi connectivity index (χ4n) is 3.63. The van der Waals surface area contributed by atoms with Gasteiger partial charge in [-0.3, -0.25) is 0 Å². The SMILES string of the molecule is C[C@@H](NS(=O)(=O)CC1CCOCC1)c1ccc2c(c1)CCCC2. The van der Waals surface area contributed by atoms with Gasteiger partial charge in [0.15, 0.2) is 0 Å². The van der Waals surface area contributed by atoms with Crippen molar-refractivity contribution in [1.29, 1.82) is 0 Å². The molecule has 23 heavy (non-hydrogen) atoms. The molecule has 0 bridgehead atoms. The quantitative estimate of drug-likeness (QED) is 0.899. The molecule has 1 N–H and O–H groups in total. The number of hydrogen-bond acceptors (Lipinski definition) is 3. The fourth-order valence-corrected chi connectivity index (χ4v) is 5.36. The molecule has 3 rings (SSSR count). The van der Waals surface area contributed by atoms with E-state index in [0.717, 1.165) is 31.2 Å². The summed E-state index contributed by atoms with van der Waals surface area (Å²) in [5, 5.41) is 0. The Bertz CT molecular complexity index is 636. The van der Waals surface area contributed by atoms with Crippen LogP contribution in [0.4, 0.5) is 0 Å². The van der Waals surface area contributed by atoms with Crippen LogP contribution in [0, 0.1) is 5.92 Å². The van der Waals surface area contributed by atoms with Gasteiger partial charge in [-0.05, 0) is 68.1 Å². The Kier molecular flexibility index (Phi) is 5.39. The predicted molar refractivity (Wildman–Crippen MR) is 92.0 cm³/mol. The smallest absolute Gasteiger partial charge is 0.212 e. The maximum absolute atomic E-state index is 12.4. The van der Waals surface area contributed by atoms with E-state index in [9.17, 15) is 8.42 Å². The van der Waals surface area contributed by atoms with Crippen LogP contribution < -0.4 is 4.72 Å². The third kappa shape index (κ3) is 4.55. The van der Waals surface area contributed by atoms with Crippen molar-refractivity contribution in [3.05, 3.63) is 34.9 Å². The molecule has 1 aromatic carbocycles. The highest BCUT2D eigenvalue weighted by Gasteiger charge is 2.23. The van der Waals surface area contributed by atoms with E-state index < -0.39 is 10.0 Å². The lowest BCUT2D eigenvalue weighted by atomic mass is 9.89. The molecule has 0 spiro atoms. The zero-order valence-corrected chi connectivity index (χ0v) is 14.7. The molecule has 1 fully saturated rings. The molecule has 2 aliphatic rings. The number of fused-ring (bicyclic) bond motifs is 1. The maximum atomic E-state index is 12.4. The molecule has 5 heteroatoms. The molecule has 1 aromatic rings. The van der Waals surface area contributed by atoms with Gasteiger partial charge in [0, 0.05) is 19.3 Å². The van der Waals surface area contributed by atoms with Gasteiger partial charge in [0.25, 0.3) is 0 Å². The number of rotatable bonds is 5. The molecule has 1 saturated heterocycles. The summed E-state index contributed by atoms with van der Waals surface area (Å²) < 4.78 is 33.0. The molecule has 4 nitrogen and oxygen atoms in total. The topological polar surface area (TPSA) is 55.4 Å². The lowest BCUT2D eigenvalue weighted by molar-refractivity contribution is 0.0723. The minimum absolute atomic E-state index is 0.174. The highest BCUT2D eigenvalue weighted by Crippen LogP contribution is 2.25. The molecule has 128 valence electrons. The van der Waals surface area contributed by atoms with Crippen molar-refractivity contribution in [3.8, 4) is 0 Å². The second kappa shape index (κ2) is 7.32. The molecule has 1 aliphatic carbocycles. The summed E-state index contributed by atoms with van der Waals surface area (Å²) in [4.78, 5) is 0. The van der Waals surface area contributed by atoms with E-state index in [-0.39, 0.29) is 17.7 Å². The normalized spacial score (nSPS) is 20.9. The number of sulfonamides is 1. The minimum Gasteiger partial charge on any atom is -0.381 e. The lowest BCUT2D eigenvalue weighted by Gasteiger charge is -2.24. The maximum Gasteiger partial charge on any atom is 0.212 e. The van der Waals surface area contributed by atoms with Crippen molar-refractivity contribution >= 4 is 10.0 Å². The monoisotopic (exact) mass is 337 g/mol. The molecule has 1 aliphatic heterocycles. The summed E-state index contributed by atoms with van der Waals surface area (Å²) in [6, 6.07) is 6.27. The molecular formula is C18H27NO3S. The number of ether oxygens (including phenoxy) is 1. The average Bonchev–Trinajstić information content (AvgIpc) is 2.54. The van der Waals surface area contributed by atoms with Crippen molar-refractivity contribution < 1.29 is 13.2 Å². The van der Waals surface area contributed by atoms with Crippen LogP contribution in [0.25, 0.3) is 0 Å². The molecule has 0 unspecified atom stereocenters. The second-order valence-corrected chi connectivity index (χ2v) is 8.71. The second-order valence-electron chi connectivity index (χ2n) is 6.91. The Hall–Kier alpha value is -0.910. The van der Waals surface area contributed by atoms with Crippen molar-refractivity contribution in [3.63, 3.8) is 0 Å². The van der Waals surface area contributed by atoms with Gasteiger partial charge in [-0.1, -0.05) is 18.2 Å². The van der Waals surface area contributed by atoms with E-state index in [1.54, 1.807) is 0 Å². The summed E-state index contributed by atoms with van der Waals surface area (Å²) in [6.45, 7) is 3.30. The van der Waals surface area contributed by atoms with Gasteiger partial charge in [-0.25, -0.2) is 13.1 Å². The van der Waals surface area contributed by atoms with Gasteiger partial charge in [0.05, 0.1) is 5.75 Å². The molecule has 1 heterocycles. The number of benzene rings is 1. The highest BCUT2D eigenvalue weighted by molar-refractivity contribution is 7.89. The average molecular weight is 337 g/mol. The van der Waals surface area contributed by atoms with Gasteiger partial charge >= 0.3 is 0 Å². The predicted octanol–water partition coefficient (Wildman–Crippen LogP) is 2.97. The zero-order chi connectivity index (χ0) is 16.3. The van der Waals surface area contributed by atoms with Crippen molar-refractivity contribution in [2.24, 2.45) is 5.92 Å². The lowest BCUT2D eigenvalue weighted by Crippen LogP contribution is -2.33. The molecule has 0 aromatic heterocycles. The van der Waals surface area contributed by atoms with Gasteiger partial charge in [-0.2, -0.15) is 0 Å². The first kappa shape index (κ1) is 16.9. The Balaban J connectivity index is 1.64. The first-order chi connectivity index (χ1) is 11.0. The van der Waals surface area contributed by atoms with E-state index in [4.69, 9.17) is 4.74 Å². The summed E-state index contributed by atoms with van der Waals surface area (Å²) in [7, 11) is -3.26. The van der Waals surface area contributed by atoms with Crippen molar-refractivity contribution in [2.75, 3.05) is 19.0 Å². The standard InChI is InChI=1S/C18H27NO3S/c1-14(17-7-6-16-4-2-3-5-18(16)12-17)19-23(20,21)13-15-8-10-22-11-9-15/h6-7,12,14-15,19H,2-5,8-11,13H2,1H3/t14-/m1/s1. The number of hydrogen-bond donors (Lipinski definition) is 1. The Morgan fingerprint density at radius 2 is 1.87 bits per heavy atom. The van der Waals surface area contributed by atoms with E-state index in [1.165, 1.54) is 24.0 Å². The van der Waals surface area contributed by atoms with Crippen LogP contribution >= 0.6 is 0 Å². The summed E-state index contributed by atoms with van der Waals surface area (Å²) in [6.07, 6.45) is 6.45. The summed E-state index contributed by atoms with van der Waals surface area (Å²) in [5.41, 5.74) is 3.89. The van der Waals surface area contributed by atoms with Crippen LogP contribution in [-0.4, -0.2) is 27.4 Å². The van der Waals surface area contributed by atoms with E-state index in [1.807, 2.05) is 6.92 Å². The highest BCUT2D eigenvalue weighted by atomic mass is 32.2. The van der Waals surface area contributed by atoms with Crippen molar-refractivity contribution in [1.82, 2.24) is 4.72 Å².